The average Bonchev–Trinajstić information content (AvgIpc) is 3.26. The van der Waals surface area contributed by atoms with Gasteiger partial charge in [0.25, 0.3) is 11.7 Å². The zero-order valence-corrected chi connectivity index (χ0v) is 16.2. The summed E-state index contributed by atoms with van der Waals surface area (Å²) in [6.07, 6.45) is 3.77. The zero-order valence-electron chi connectivity index (χ0n) is 15.4. The summed E-state index contributed by atoms with van der Waals surface area (Å²) in [7, 11) is 1.24. The topological polar surface area (TPSA) is 125 Å². The van der Waals surface area contributed by atoms with Gasteiger partial charge >= 0.3 is 11.9 Å². The molecule has 3 aromatic rings. The molecule has 0 spiro atoms. The Morgan fingerprint density at radius 2 is 2.07 bits per heavy atom. The van der Waals surface area contributed by atoms with Crippen molar-refractivity contribution in [3.8, 4) is 0 Å². The molecule has 10 nitrogen and oxygen atoms in total. The smallest absolute Gasteiger partial charge is 0.348 e. The second-order valence-corrected chi connectivity index (χ2v) is 6.66. The quantitative estimate of drug-likeness (QED) is 0.620. The molecule has 28 heavy (non-hydrogen) atoms. The lowest BCUT2D eigenvalue weighted by Gasteiger charge is -2.06. The number of nitrogens with one attached hydrogen (secondary N) is 1. The number of methoxy groups -OCH3 is 1. The van der Waals surface area contributed by atoms with Crippen molar-refractivity contribution in [1.29, 1.82) is 0 Å². The minimum Gasteiger partial charge on any atom is -0.465 e. The maximum atomic E-state index is 12.6. The van der Waals surface area contributed by atoms with Crippen molar-refractivity contribution in [1.82, 2.24) is 19.6 Å². The Kier molecular flexibility index (Phi) is 5.64. The molecule has 0 saturated heterocycles. The van der Waals surface area contributed by atoms with E-state index >= 15 is 0 Å². The third-order valence-electron chi connectivity index (χ3n) is 3.71. The number of nitrogens with zero attached hydrogens (tertiary/aromatic N) is 4. The summed E-state index contributed by atoms with van der Waals surface area (Å²) in [4.78, 5) is 45.3. The number of ether oxygens (including phenoxy) is 2. The minimum absolute atomic E-state index is 0.106. The number of anilines is 1. The van der Waals surface area contributed by atoms with Gasteiger partial charge in [0.15, 0.2) is 0 Å². The van der Waals surface area contributed by atoms with Crippen LogP contribution in [-0.4, -0.2) is 51.1 Å². The molecule has 1 amide bonds. The molecule has 146 valence electrons. The molecule has 0 aromatic carbocycles. The van der Waals surface area contributed by atoms with Gasteiger partial charge in [0.05, 0.1) is 19.3 Å². The van der Waals surface area contributed by atoms with Gasteiger partial charge < -0.3 is 14.8 Å². The Hall–Kier alpha value is -3.34. The van der Waals surface area contributed by atoms with E-state index in [2.05, 4.69) is 20.4 Å². The van der Waals surface area contributed by atoms with E-state index in [4.69, 9.17) is 9.47 Å². The highest BCUT2D eigenvalue weighted by Crippen LogP contribution is 2.34. The van der Waals surface area contributed by atoms with E-state index in [1.165, 1.54) is 17.8 Å². The summed E-state index contributed by atoms with van der Waals surface area (Å²) in [6.45, 7) is 3.67. The minimum atomic E-state index is -0.646. The summed E-state index contributed by atoms with van der Waals surface area (Å²) in [6, 6.07) is 1.65. The third kappa shape index (κ3) is 3.69. The van der Waals surface area contributed by atoms with Gasteiger partial charge in [-0.15, -0.1) is 16.4 Å². The number of hydrogen-bond acceptors (Lipinski definition) is 9. The summed E-state index contributed by atoms with van der Waals surface area (Å²) < 4.78 is 11.3. The molecule has 0 aliphatic rings. The summed E-state index contributed by atoms with van der Waals surface area (Å²) in [5.41, 5.74) is 0.479. The summed E-state index contributed by atoms with van der Waals surface area (Å²) in [5.74, 6) is -1.76. The molecule has 11 heteroatoms. The van der Waals surface area contributed by atoms with E-state index in [1.54, 1.807) is 19.2 Å². The Morgan fingerprint density at radius 3 is 2.75 bits per heavy atom. The SMILES string of the molecule is CCCOC(=O)c1c(NC(=O)c2nc3ncccn3n2)sc(C(=O)OC)c1C. The van der Waals surface area contributed by atoms with Crippen LogP contribution in [0.1, 0.15) is 49.6 Å². The van der Waals surface area contributed by atoms with Crippen molar-refractivity contribution in [2.75, 3.05) is 19.0 Å². The van der Waals surface area contributed by atoms with Crippen molar-refractivity contribution >= 4 is 40.0 Å². The lowest BCUT2D eigenvalue weighted by molar-refractivity contribution is 0.0506. The van der Waals surface area contributed by atoms with Crippen LogP contribution in [-0.2, 0) is 9.47 Å². The fourth-order valence-corrected chi connectivity index (χ4v) is 3.50. The van der Waals surface area contributed by atoms with Crippen molar-refractivity contribution in [2.24, 2.45) is 0 Å². The number of fused-ring (bicyclic) bond motifs is 1. The van der Waals surface area contributed by atoms with Gasteiger partial charge in [-0.25, -0.2) is 19.1 Å². The maximum Gasteiger partial charge on any atom is 0.348 e. The standard InChI is InChI=1S/C17H17N5O5S/c1-4-8-27-15(24)10-9(2)11(16(25)26-3)28-14(10)20-13(23)12-19-17-18-6-5-7-22(17)21-12/h5-7H,4,8H2,1-3H3,(H,20,23). The van der Waals surface area contributed by atoms with E-state index in [-0.39, 0.29) is 33.7 Å². The number of esters is 2. The molecule has 3 aromatic heterocycles. The monoisotopic (exact) mass is 403 g/mol. The molecule has 3 rings (SSSR count). The fourth-order valence-electron chi connectivity index (χ4n) is 2.39. The highest BCUT2D eigenvalue weighted by molar-refractivity contribution is 7.18. The molecule has 3 heterocycles. The number of carbonyl (C=O) groups is 3. The fraction of sp³-hybridized carbons (Fsp3) is 0.294. The lowest BCUT2D eigenvalue weighted by Crippen LogP contribution is -2.16. The van der Waals surface area contributed by atoms with Crippen LogP contribution < -0.4 is 5.32 Å². The van der Waals surface area contributed by atoms with E-state index in [0.717, 1.165) is 11.3 Å². The molecule has 0 aliphatic heterocycles. The van der Waals surface area contributed by atoms with Gasteiger partial charge in [-0.2, -0.15) is 4.98 Å². The molecule has 1 N–H and O–H groups in total. The van der Waals surface area contributed by atoms with Crippen LogP contribution in [0.25, 0.3) is 5.78 Å². The molecular formula is C17H17N5O5S. The maximum absolute atomic E-state index is 12.6. The molecule has 0 aliphatic carbocycles. The van der Waals surface area contributed by atoms with Gasteiger partial charge in [-0.05, 0) is 25.0 Å². The molecule has 0 bridgehead atoms. The van der Waals surface area contributed by atoms with Crippen molar-refractivity contribution < 1.29 is 23.9 Å². The molecule has 0 radical (unpaired) electrons. The van der Waals surface area contributed by atoms with Crippen LogP contribution in [0.2, 0.25) is 0 Å². The van der Waals surface area contributed by atoms with Crippen LogP contribution in [0.3, 0.4) is 0 Å². The molecule has 0 unspecified atom stereocenters. The van der Waals surface area contributed by atoms with Gasteiger partial charge in [0, 0.05) is 12.4 Å². The largest absolute Gasteiger partial charge is 0.465 e. The predicted octanol–water partition coefficient (Wildman–Crippen LogP) is 2.10. The second kappa shape index (κ2) is 8.13. The second-order valence-electron chi connectivity index (χ2n) is 5.64. The van der Waals surface area contributed by atoms with Crippen molar-refractivity contribution in [3.05, 3.63) is 40.3 Å². The van der Waals surface area contributed by atoms with E-state index in [9.17, 15) is 14.4 Å². The highest BCUT2D eigenvalue weighted by Gasteiger charge is 2.28. The molecule has 0 atom stereocenters. The lowest BCUT2D eigenvalue weighted by atomic mass is 10.1. The molecule has 0 saturated carbocycles. The van der Waals surface area contributed by atoms with Crippen LogP contribution in [0.15, 0.2) is 18.5 Å². The van der Waals surface area contributed by atoms with Crippen LogP contribution in [0, 0.1) is 6.92 Å². The van der Waals surface area contributed by atoms with Crippen LogP contribution >= 0.6 is 11.3 Å². The Bertz CT molecular complexity index is 1020. The number of carbonyl (C=O) groups excluding carboxylic acids is 3. The van der Waals surface area contributed by atoms with E-state index < -0.39 is 17.8 Å². The number of amides is 1. The zero-order chi connectivity index (χ0) is 20.3. The van der Waals surface area contributed by atoms with Gasteiger partial charge in [0.2, 0.25) is 5.82 Å². The van der Waals surface area contributed by atoms with Crippen LogP contribution in [0.4, 0.5) is 5.00 Å². The average molecular weight is 403 g/mol. The van der Waals surface area contributed by atoms with E-state index in [1.807, 2.05) is 6.92 Å². The first kappa shape index (κ1) is 19.4. The number of thiophene rings is 1. The van der Waals surface area contributed by atoms with Gasteiger partial charge in [-0.3, -0.25) is 4.79 Å². The van der Waals surface area contributed by atoms with Gasteiger partial charge in [0.1, 0.15) is 9.88 Å². The van der Waals surface area contributed by atoms with Crippen molar-refractivity contribution in [3.63, 3.8) is 0 Å². The third-order valence-corrected chi connectivity index (χ3v) is 4.89. The van der Waals surface area contributed by atoms with Crippen molar-refractivity contribution in [2.45, 2.75) is 20.3 Å². The van der Waals surface area contributed by atoms with Crippen LogP contribution in [0.5, 0.6) is 0 Å². The molecular weight excluding hydrogens is 386 g/mol. The Morgan fingerprint density at radius 1 is 1.29 bits per heavy atom. The Labute approximate surface area is 163 Å². The summed E-state index contributed by atoms with van der Waals surface area (Å²) in [5, 5.41) is 6.79. The first-order valence-electron chi connectivity index (χ1n) is 8.33. The first-order valence-corrected chi connectivity index (χ1v) is 9.15. The molecule has 0 fully saturated rings. The van der Waals surface area contributed by atoms with Gasteiger partial charge in [-0.1, -0.05) is 6.92 Å². The highest BCUT2D eigenvalue weighted by atomic mass is 32.1. The number of rotatable bonds is 6. The Balaban J connectivity index is 1.95. The normalized spacial score (nSPS) is 10.7. The number of hydrogen-bond donors (Lipinski definition) is 1. The van der Waals surface area contributed by atoms with E-state index in [0.29, 0.717) is 12.0 Å². The predicted molar refractivity (Wildman–Crippen MR) is 99.7 cm³/mol. The number of aromatic nitrogens is 4. The summed E-state index contributed by atoms with van der Waals surface area (Å²) >= 11 is 0.925. The first-order chi connectivity index (χ1) is 13.5.